The van der Waals surface area contributed by atoms with Crippen molar-refractivity contribution in [1.82, 2.24) is 0 Å². The quantitative estimate of drug-likeness (QED) is 0.549. The van der Waals surface area contributed by atoms with E-state index >= 15 is 0 Å². The Kier molecular flexibility index (Phi) is 4.28. The Labute approximate surface area is 157 Å². The molecule has 5 heteroatoms. The molecule has 0 spiro atoms. The number of nitrogens with one attached hydrogen (secondary N) is 1. The molecule has 1 amide bonds. The number of anilines is 1. The van der Waals surface area contributed by atoms with Gasteiger partial charge in [0.1, 0.15) is 16.9 Å². The molecule has 0 bridgehead atoms. The summed E-state index contributed by atoms with van der Waals surface area (Å²) in [4.78, 5) is 12.8. The second-order valence-electron chi connectivity index (χ2n) is 6.56. The van der Waals surface area contributed by atoms with Gasteiger partial charge in [-0.05, 0) is 12.1 Å². The fourth-order valence-electron chi connectivity index (χ4n) is 3.36. The van der Waals surface area contributed by atoms with Crippen molar-refractivity contribution in [3.63, 3.8) is 0 Å². The Hall–Kier alpha value is -3.34. The van der Waals surface area contributed by atoms with Gasteiger partial charge >= 0.3 is 0 Å². The van der Waals surface area contributed by atoms with Gasteiger partial charge in [0.25, 0.3) is 5.91 Å². The fraction of sp³-hybridized carbons (Fsp3) is 0.182. The van der Waals surface area contributed by atoms with Gasteiger partial charge in [-0.15, -0.1) is 0 Å². The number of nitrogens with zero attached hydrogens (tertiary/aromatic N) is 1. The van der Waals surface area contributed by atoms with Crippen molar-refractivity contribution >= 4 is 33.5 Å². The number of hydrogen-bond donors (Lipinski definition) is 1. The van der Waals surface area contributed by atoms with Gasteiger partial charge in [0, 0.05) is 42.8 Å². The molecule has 0 aliphatic heterocycles. The molecule has 1 atom stereocenters. The standard InChI is InChI=1S/C22H20N2O3/c1-14-8-6-7-11-24(14)15(2)22(25)23-18-13-20-17(12-21(18)26-3)16-9-4-5-10-19(16)27-20/h4-13,15H,1-3H3/p+1/t15-/m0/s1. The van der Waals surface area contributed by atoms with Crippen molar-refractivity contribution in [1.29, 1.82) is 0 Å². The number of carbonyl (C=O) groups excluding carboxylic acids is 1. The molecule has 1 N–H and O–H groups in total. The highest BCUT2D eigenvalue weighted by Crippen LogP contribution is 2.36. The van der Waals surface area contributed by atoms with Crippen LogP contribution in [-0.4, -0.2) is 13.0 Å². The van der Waals surface area contributed by atoms with E-state index in [1.165, 1.54) is 0 Å². The van der Waals surface area contributed by atoms with Gasteiger partial charge in [0.2, 0.25) is 6.04 Å². The van der Waals surface area contributed by atoms with E-state index < -0.39 is 0 Å². The highest BCUT2D eigenvalue weighted by molar-refractivity contribution is 6.07. The molecule has 0 saturated carbocycles. The number of carbonyl (C=O) groups is 1. The molecule has 0 saturated heterocycles. The van der Waals surface area contributed by atoms with Crippen LogP contribution in [0.5, 0.6) is 5.75 Å². The number of amides is 1. The molecule has 136 valence electrons. The zero-order valence-electron chi connectivity index (χ0n) is 15.5. The lowest BCUT2D eigenvalue weighted by atomic mass is 10.1. The zero-order valence-corrected chi connectivity index (χ0v) is 15.5. The van der Waals surface area contributed by atoms with E-state index in [-0.39, 0.29) is 11.9 Å². The van der Waals surface area contributed by atoms with E-state index in [4.69, 9.17) is 9.15 Å². The number of ether oxygens (including phenoxy) is 1. The van der Waals surface area contributed by atoms with Crippen LogP contribution < -0.4 is 14.6 Å². The highest BCUT2D eigenvalue weighted by atomic mass is 16.5. The molecule has 27 heavy (non-hydrogen) atoms. The number of furan rings is 1. The molecule has 0 radical (unpaired) electrons. The van der Waals surface area contributed by atoms with E-state index in [1.54, 1.807) is 7.11 Å². The lowest BCUT2D eigenvalue weighted by Crippen LogP contribution is -2.46. The average Bonchev–Trinajstić information content (AvgIpc) is 3.04. The summed E-state index contributed by atoms with van der Waals surface area (Å²) in [6.45, 7) is 3.85. The Morgan fingerprint density at radius 2 is 1.85 bits per heavy atom. The monoisotopic (exact) mass is 361 g/mol. The lowest BCUT2D eigenvalue weighted by molar-refractivity contribution is -0.711. The second kappa shape index (κ2) is 6.76. The Bertz CT molecular complexity index is 1150. The summed E-state index contributed by atoms with van der Waals surface area (Å²) in [5.74, 6) is 0.479. The van der Waals surface area contributed by atoms with Gasteiger partial charge in [-0.3, -0.25) is 4.79 Å². The summed E-state index contributed by atoms with van der Waals surface area (Å²) in [5, 5.41) is 4.96. The van der Waals surface area contributed by atoms with Gasteiger partial charge in [0.15, 0.2) is 11.9 Å². The summed E-state index contributed by atoms with van der Waals surface area (Å²) in [6.07, 6.45) is 1.90. The Morgan fingerprint density at radius 3 is 2.63 bits per heavy atom. The van der Waals surface area contributed by atoms with E-state index in [1.807, 2.05) is 79.2 Å². The Balaban J connectivity index is 1.71. The third-order valence-corrected chi connectivity index (χ3v) is 4.86. The zero-order chi connectivity index (χ0) is 19.0. The first-order valence-electron chi connectivity index (χ1n) is 8.85. The van der Waals surface area contributed by atoms with Gasteiger partial charge in [-0.1, -0.05) is 24.3 Å². The van der Waals surface area contributed by atoms with Gasteiger partial charge in [0.05, 0.1) is 12.8 Å². The lowest BCUT2D eigenvalue weighted by Gasteiger charge is -2.13. The van der Waals surface area contributed by atoms with Crippen molar-refractivity contribution < 1.29 is 18.5 Å². The molecule has 5 nitrogen and oxygen atoms in total. The van der Waals surface area contributed by atoms with Gasteiger partial charge in [-0.25, -0.2) is 0 Å². The maximum Gasteiger partial charge on any atom is 0.293 e. The molecule has 2 aromatic heterocycles. The molecule has 4 aromatic rings. The molecule has 0 fully saturated rings. The summed E-state index contributed by atoms with van der Waals surface area (Å²) in [7, 11) is 1.60. The molecular weight excluding hydrogens is 340 g/mol. The Morgan fingerprint density at radius 1 is 1.07 bits per heavy atom. The third kappa shape index (κ3) is 3.01. The number of aromatic nitrogens is 1. The number of rotatable bonds is 4. The van der Waals surface area contributed by atoms with E-state index in [0.29, 0.717) is 17.0 Å². The van der Waals surface area contributed by atoms with Gasteiger partial charge in [-0.2, -0.15) is 4.57 Å². The molecule has 0 unspecified atom stereocenters. The van der Waals surface area contributed by atoms with Crippen LogP contribution in [0, 0.1) is 6.92 Å². The van der Waals surface area contributed by atoms with E-state index in [9.17, 15) is 4.79 Å². The molecule has 2 heterocycles. The smallest absolute Gasteiger partial charge is 0.293 e. The molecule has 2 aromatic carbocycles. The molecule has 0 aliphatic rings. The molecule has 0 aliphatic carbocycles. The summed E-state index contributed by atoms with van der Waals surface area (Å²) >= 11 is 0. The SMILES string of the molecule is COc1cc2c(cc1NC(=O)[C@H](C)[n+]1ccccc1C)oc1ccccc12. The van der Waals surface area contributed by atoms with E-state index in [0.717, 1.165) is 22.0 Å². The van der Waals surface area contributed by atoms with Crippen LogP contribution in [0.3, 0.4) is 0 Å². The number of fused-ring (bicyclic) bond motifs is 3. The highest BCUT2D eigenvalue weighted by Gasteiger charge is 2.25. The average molecular weight is 361 g/mol. The molecular formula is C22H21N2O3+. The number of aryl methyl sites for hydroxylation is 1. The predicted molar refractivity (Wildman–Crippen MR) is 105 cm³/mol. The van der Waals surface area contributed by atoms with Gasteiger partial charge < -0.3 is 14.5 Å². The normalized spacial score (nSPS) is 12.3. The topological polar surface area (TPSA) is 55.4 Å². The third-order valence-electron chi connectivity index (χ3n) is 4.86. The van der Waals surface area contributed by atoms with Crippen molar-refractivity contribution in [2.24, 2.45) is 0 Å². The number of pyridine rings is 1. The van der Waals surface area contributed by atoms with Crippen LogP contribution >= 0.6 is 0 Å². The fourth-order valence-corrected chi connectivity index (χ4v) is 3.36. The largest absolute Gasteiger partial charge is 0.495 e. The number of methoxy groups -OCH3 is 1. The first kappa shape index (κ1) is 17.1. The van der Waals surface area contributed by atoms with Crippen LogP contribution in [0.1, 0.15) is 18.7 Å². The van der Waals surface area contributed by atoms with Crippen molar-refractivity contribution in [2.45, 2.75) is 19.9 Å². The first-order chi connectivity index (χ1) is 13.1. The summed E-state index contributed by atoms with van der Waals surface area (Å²) < 4.78 is 13.4. The summed E-state index contributed by atoms with van der Waals surface area (Å²) in [5.41, 5.74) is 3.13. The van der Waals surface area contributed by atoms with Crippen molar-refractivity contribution in [2.75, 3.05) is 12.4 Å². The maximum atomic E-state index is 12.8. The molecule has 4 rings (SSSR count). The second-order valence-corrected chi connectivity index (χ2v) is 6.56. The van der Waals surface area contributed by atoms with Crippen LogP contribution in [-0.2, 0) is 4.79 Å². The van der Waals surface area contributed by atoms with Crippen LogP contribution in [0.2, 0.25) is 0 Å². The van der Waals surface area contributed by atoms with Crippen LogP contribution in [0.25, 0.3) is 21.9 Å². The van der Waals surface area contributed by atoms with Crippen molar-refractivity contribution in [3.05, 3.63) is 66.5 Å². The number of para-hydroxylation sites is 1. The minimum absolute atomic E-state index is 0.122. The van der Waals surface area contributed by atoms with Crippen LogP contribution in [0.15, 0.2) is 65.2 Å². The van der Waals surface area contributed by atoms with Crippen LogP contribution in [0.4, 0.5) is 5.69 Å². The predicted octanol–water partition coefficient (Wildman–Crippen LogP) is 4.39. The minimum Gasteiger partial charge on any atom is -0.495 e. The van der Waals surface area contributed by atoms with E-state index in [2.05, 4.69) is 5.32 Å². The first-order valence-corrected chi connectivity index (χ1v) is 8.85. The number of benzene rings is 2. The maximum absolute atomic E-state index is 12.8. The van der Waals surface area contributed by atoms with Crippen molar-refractivity contribution in [3.8, 4) is 5.75 Å². The minimum atomic E-state index is -0.359. The summed E-state index contributed by atoms with van der Waals surface area (Å²) in [6, 6.07) is 17.1. The number of hydrogen-bond acceptors (Lipinski definition) is 3.